The number of hydrogen-bond acceptors (Lipinski definition) is 3. The van der Waals surface area contributed by atoms with Gasteiger partial charge in [0.15, 0.2) is 0 Å². The van der Waals surface area contributed by atoms with Crippen molar-refractivity contribution in [2.75, 3.05) is 5.32 Å². The Morgan fingerprint density at radius 2 is 2.40 bits per heavy atom. The van der Waals surface area contributed by atoms with E-state index in [1.807, 2.05) is 19.9 Å². The van der Waals surface area contributed by atoms with Crippen LogP contribution in [0.5, 0.6) is 0 Å². The Bertz CT molecular complexity index is 345. The van der Waals surface area contributed by atoms with Gasteiger partial charge in [0.1, 0.15) is 5.82 Å². The molecule has 3 N–H and O–H groups in total. The van der Waals surface area contributed by atoms with Gasteiger partial charge in [-0.1, -0.05) is 13.3 Å². The van der Waals surface area contributed by atoms with E-state index in [2.05, 4.69) is 10.4 Å². The second kappa shape index (κ2) is 4.93. The molecule has 1 aromatic rings. The van der Waals surface area contributed by atoms with Crippen LogP contribution in [-0.4, -0.2) is 21.7 Å². The number of aryl methyl sites for hydroxylation is 2. The van der Waals surface area contributed by atoms with Crippen LogP contribution >= 0.6 is 0 Å². The van der Waals surface area contributed by atoms with E-state index in [0.29, 0.717) is 12.2 Å². The van der Waals surface area contributed by atoms with Gasteiger partial charge < -0.3 is 11.1 Å². The van der Waals surface area contributed by atoms with Crippen LogP contribution < -0.4 is 11.1 Å². The molecule has 0 saturated carbocycles. The molecule has 1 atom stereocenters. The van der Waals surface area contributed by atoms with Gasteiger partial charge in [0.05, 0.1) is 11.7 Å². The fraction of sp³-hybridized carbons (Fsp3) is 0.600. The molecule has 1 heterocycles. The van der Waals surface area contributed by atoms with E-state index in [9.17, 15) is 4.79 Å². The van der Waals surface area contributed by atoms with Crippen molar-refractivity contribution in [1.29, 1.82) is 0 Å². The molecule has 1 amide bonds. The monoisotopic (exact) mass is 210 g/mol. The van der Waals surface area contributed by atoms with Crippen molar-refractivity contribution in [2.24, 2.45) is 12.8 Å². The van der Waals surface area contributed by atoms with E-state index < -0.39 is 6.04 Å². The molecule has 0 aliphatic carbocycles. The molecule has 0 aliphatic heterocycles. The predicted molar refractivity (Wildman–Crippen MR) is 59.5 cm³/mol. The second-order valence-corrected chi connectivity index (χ2v) is 3.68. The molecule has 0 fully saturated rings. The van der Waals surface area contributed by atoms with Crippen LogP contribution in [0, 0.1) is 6.92 Å². The molecule has 0 aliphatic rings. The number of nitrogens with one attached hydrogen (secondary N) is 1. The highest BCUT2D eigenvalue weighted by Gasteiger charge is 2.13. The first-order valence-electron chi connectivity index (χ1n) is 5.11. The number of rotatable bonds is 4. The van der Waals surface area contributed by atoms with E-state index in [1.165, 1.54) is 0 Å². The predicted octanol–water partition coefficient (Wildman–Crippen LogP) is 0.794. The molecule has 0 bridgehead atoms. The number of amides is 1. The number of carbonyl (C=O) groups excluding carboxylic acids is 1. The van der Waals surface area contributed by atoms with Gasteiger partial charge in [0, 0.05) is 13.1 Å². The van der Waals surface area contributed by atoms with Gasteiger partial charge >= 0.3 is 0 Å². The Morgan fingerprint density at radius 3 is 2.87 bits per heavy atom. The zero-order valence-corrected chi connectivity index (χ0v) is 9.45. The molecular formula is C10H18N4O. The lowest BCUT2D eigenvalue weighted by molar-refractivity contribution is -0.117. The van der Waals surface area contributed by atoms with Crippen LogP contribution in [0.1, 0.15) is 25.5 Å². The molecule has 0 aromatic carbocycles. The lowest BCUT2D eigenvalue weighted by Crippen LogP contribution is -2.35. The third-order valence-electron chi connectivity index (χ3n) is 2.19. The summed E-state index contributed by atoms with van der Waals surface area (Å²) in [6.07, 6.45) is 1.60. The van der Waals surface area contributed by atoms with Crippen molar-refractivity contribution in [2.45, 2.75) is 32.7 Å². The average molecular weight is 210 g/mol. The molecule has 0 saturated heterocycles. The molecule has 84 valence electrons. The van der Waals surface area contributed by atoms with Gasteiger partial charge in [-0.2, -0.15) is 5.10 Å². The number of anilines is 1. The van der Waals surface area contributed by atoms with Crippen molar-refractivity contribution in [1.82, 2.24) is 9.78 Å². The lowest BCUT2D eigenvalue weighted by Gasteiger charge is -2.10. The zero-order chi connectivity index (χ0) is 11.4. The summed E-state index contributed by atoms with van der Waals surface area (Å²) in [4.78, 5) is 11.6. The highest BCUT2D eigenvalue weighted by Crippen LogP contribution is 2.08. The SMILES string of the molecule is CCC[C@@H](N)C(=O)Nc1cc(C)nn1C. The summed E-state index contributed by atoms with van der Waals surface area (Å²) in [5, 5.41) is 6.88. The Balaban J connectivity index is 2.62. The summed E-state index contributed by atoms with van der Waals surface area (Å²) in [5.74, 6) is 0.531. The molecule has 0 spiro atoms. The maximum atomic E-state index is 11.6. The quantitative estimate of drug-likeness (QED) is 0.771. The van der Waals surface area contributed by atoms with E-state index in [-0.39, 0.29) is 5.91 Å². The first kappa shape index (κ1) is 11.7. The van der Waals surface area contributed by atoms with Crippen LogP contribution in [0.15, 0.2) is 6.07 Å². The highest BCUT2D eigenvalue weighted by molar-refractivity contribution is 5.93. The van der Waals surface area contributed by atoms with Crippen molar-refractivity contribution < 1.29 is 4.79 Å². The molecule has 0 radical (unpaired) electrons. The fourth-order valence-corrected chi connectivity index (χ4v) is 1.39. The Hall–Kier alpha value is -1.36. The molecule has 5 heteroatoms. The minimum absolute atomic E-state index is 0.153. The second-order valence-electron chi connectivity index (χ2n) is 3.68. The number of hydrogen-bond donors (Lipinski definition) is 2. The number of carbonyl (C=O) groups is 1. The van der Waals surface area contributed by atoms with Gasteiger partial charge in [0.2, 0.25) is 5.91 Å². The molecular weight excluding hydrogens is 192 g/mol. The number of aromatic nitrogens is 2. The maximum absolute atomic E-state index is 11.6. The van der Waals surface area contributed by atoms with Crippen molar-refractivity contribution in [3.8, 4) is 0 Å². The lowest BCUT2D eigenvalue weighted by atomic mass is 10.2. The van der Waals surface area contributed by atoms with Crippen LogP contribution in [0.25, 0.3) is 0 Å². The molecule has 5 nitrogen and oxygen atoms in total. The maximum Gasteiger partial charge on any atom is 0.242 e. The number of nitrogens with two attached hydrogens (primary N) is 1. The topological polar surface area (TPSA) is 72.9 Å². The van der Waals surface area contributed by atoms with Gasteiger partial charge in [-0.15, -0.1) is 0 Å². The third-order valence-corrected chi connectivity index (χ3v) is 2.19. The Morgan fingerprint density at radius 1 is 1.73 bits per heavy atom. The van der Waals surface area contributed by atoms with E-state index >= 15 is 0 Å². The smallest absolute Gasteiger partial charge is 0.242 e. The summed E-state index contributed by atoms with van der Waals surface area (Å²) in [6.45, 7) is 3.88. The van der Waals surface area contributed by atoms with Gasteiger partial charge in [-0.05, 0) is 13.3 Å². The summed E-state index contributed by atoms with van der Waals surface area (Å²) in [7, 11) is 1.79. The highest BCUT2D eigenvalue weighted by atomic mass is 16.2. The minimum atomic E-state index is -0.440. The first-order valence-corrected chi connectivity index (χ1v) is 5.11. The van der Waals surface area contributed by atoms with E-state index in [4.69, 9.17) is 5.73 Å². The average Bonchev–Trinajstić information content (AvgIpc) is 2.45. The summed E-state index contributed by atoms with van der Waals surface area (Å²) in [6, 6.07) is 1.38. The van der Waals surface area contributed by atoms with Crippen molar-refractivity contribution >= 4 is 11.7 Å². The van der Waals surface area contributed by atoms with Gasteiger partial charge in [-0.3, -0.25) is 9.48 Å². The largest absolute Gasteiger partial charge is 0.320 e. The van der Waals surface area contributed by atoms with Gasteiger partial charge in [0.25, 0.3) is 0 Å². The van der Waals surface area contributed by atoms with Crippen molar-refractivity contribution in [3.63, 3.8) is 0 Å². The Labute approximate surface area is 89.6 Å². The van der Waals surface area contributed by atoms with Gasteiger partial charge in [-0.25, -0.2) is 0 Å². The molecule has 0 unspecified atom stereocenters. The van der Waals surface area contributed by atoms with E-state index in [0.717, 1.165) is 12.1 Å². The third kappa shape index (κ3) is 3.06. The normalized spacial score (nSPS) is 12.5. The van der Waals surface area contributed by atoms with Crippen LogP contribution in [0.3, 0.4) is 0 Å². The van der Waals surface area contributed by atoms with Crippen molar-refractivity contribution in [3.05, 3.63) is 11.8 Å². The Kier molecular flexibility index (Phi) is 3.85. The van der Waals surface area contributed by atoms with Crippen LogP contribution in [-0.2, 0) is 11.8 Å². The molecule has 15 heavy (non-hydrogen) atoms. The summed E-state index contributed by atoms with van der Waals surface area (Å²) >= 11 is 0. The minimum Gasteiger partial charge on any atom is -0.320 e. The summed E-state index contributed by atoms with van der Waals surface area (Å²) < 4.78 is 1.63. The van der Waals surface area contributed by atoms with Crippen LogP contribution in [0.2, 0.25) is 0 Å². The fourth-order valence-electron chi connectivity index (χ4n) is 1.39. The zero-order valence-electron chi connectivity index (χ0n) is 9.45. The van der Waals surface area contributed by atoms with E-state index in [1.54, 1.807) is 11.7 Å². The first-order chi connectivity index (χ1) is 7.04. The summed E-state index contributed by atoms with van der Waals surface area (Å²) in [5.41, 5.74) is 6.56. The molecule has 1 aromatic heterocycles. The van der Waals surface area contributed by atoms with Crippen LogP contribution in [0.4, 0.5) is 5.82 Å². The molecule has 1 rings (SSSR count). The number of nitrogens with zero attached hydrogens (tertiary/aromatic N) is 2. The standard InChI is InChI=1S/C10H18N4O/c1-4-5-8(11)10(15)12-9-6-7(2)13-14(9)3/h6,8H,4-5,11H2,1-3H3,(H,12,15)/t8-/m1/s1.